The molecule has 0 aliphatic carbocycles. The van der Waals surface area contributed by atoms with Crippen LogP contribution in [0.5, 0.6) is 0 Å². The Bertz CT molecular complexity index is 790. The lowest BCUT2D eigenvalue weighted by Crippen LogP contribution is -2.45. The lowest BCUT2D eigenvalue weighted by atomic mass is 10.00. The minimum atomic E-state index is 0. The van der Waals surface area contributed by atoms with E-state index >= 15 is 0 Å². The molecule has 6 nitrogen and oxygen atoms in total. The van der Waals surface area contributed by atoms with Gasteiger partial charge in [0, 0.05) is 54.9 Å². The molecular weight excluding hydrogens is 489 g/mol. The van der Waals surface area contributed by atoms with Crippen LogP contribution in [0.25, 0.3) is 0 Å². The predicted octanol–water partition coefficient (Wildman–Crippen LogP) is 4.11. The zero-order chi connectivity index (χ0) is 19.4. The third-order valence-electron chi connectivity index (χ3n) is 5.08. The van der Waals surface area contributed by atoms with Crippen LogP contribution in [0, 0.1) is 13.8 Å². The Labute approximate surface area is 189 Å². The van der Waals surface area contributed by atoms with Crippen molar-refractivity contribution >= 4 is 47.2 Å². The molecule has 2 aromatic rings. The van der Waals surface area contributed by atoms with Gasteiger partial charge in [0.25, 0.3) is 0 Å². The summed E-state index contributed by atoms with van der Waals surface area (Å²) in [6.07, 6.45) is 1.06. The van der Waals surface area contributed by atoms with Gasteiger partial charge in [0.2, 0.25) is 0 Å². The normalized spacial score (nSPS) is 18.0. The van der Waals surface area contributed by atoms with Crippen molar-refractivity contribution in [3.05, 3.63) is 46.3 Å². The van der Waals surface area contributed by atoms with Crippen LogP contribution < -0.4 is 15.5 Å². The van der Waals surface area contributed by atoms with E-state index in [0.717, 1.165) is 48.5 Å². The first-order chi connectivity index (χ1) is 13.0. The van der Waals surface area contributed by atoms with Crippen LogP contribution in [0.4, 0.5) is 5.69 Å². The van der Waals surface area contributed by atoms with Crippen molar-refractivity contribution in [2.45, 2.75) is 39.2 Å². The molecule has 2 unspecified atom stereocenters. The highest BCUT2D eigenvalue weighted by atomic mass is 127. The van der Waals surface area contributed by atoms with Crippen molar-refractivity contribution in [2.75, 3.05) is 31.6 Å². The number of rotatable bonds is 5. The van der Waals surface area contributed by atoms with Gasteiger partial charge in [0.15, 0.2) is 5.96 Å². The first kappa shape index (κ1) is 22.8. The van der Waals surface area contributed by atoms with E-state index in [1.807, 2.05) is 32.0 Å². The molecule has 8 heteroatoms. The fourth-order valence-corrected chi connectivity index (χ4v) is 3.90. The molecule has 1 aromatic carbocycles. The number of aromatic nitrogens is 1. The molecule has 2 heterocycles. The van der Waals surface area contributed by atoms with Gasteiger partial charge in [0.1, 0.15) is 5.76 Å². The van der Waals surface area contributed by atoms with Crippen molar-refractivity contribution < 1.29 is 4.52 Å². The smallest absolute Gasteiger partial charge is 0.191 e. The Morgan fingerprint density at radius 3 is 2.86 bits per heavy atom. The summed E-state index contributed by atoms with van der Waals surface area (Å²) in [5.74, 6) is 2.01. The van der Waals surface area contributed by atoms with E-state index in [9.17, 15) is 0 Å². The topological polar surface area (TPSA) is 65.7 Å². The van der Waals surface area contributed by atoms with Crippen LogP contribution in [-0.2, 0) is 0 Å². The van der Waals surface area contributed by atoms with Crippen molar-refractivity contribution in [1.82, 2.24) is 15.8 Å². The molecule has 28 heavy (non-hydrogen) atoms. The second-order valence-electron chi connectivity index (χ2n) is 7.15. The average molecular weight is 518 g/mol. The molecule has 1 aliphatic heterocycles. The summed E-state index contributed by atoms with van der Waals surface area (Å²) in [7, 11) is 1.81. The molecular formula is C20H29ClIN5O. The molecule has 1 fully saturated rings. The van der Waals surface area contributed by atoms with Gasteiger partial charge in [0.05, 0.1) is 5.69 Å². The molecule has 2 atom stereocenters. The van der Waals surface area contributed by atoms with Crippen molar-refractivity contribution in [1.29, 1.82) is 0 Å². The summed E-state index contributed by atoms with van der Waals surface area (Å²) in [4.78, 5) is 6.73. The third-order valence-corrected chi connectivity index (χ3v) is 5.32. The molecule has 3 rings (SSSR count). The highest BCUT2D eigenvalue weighted by molar-refractivity contribution is 14.0. The molecule has 0 amide bonds. The Hall–Kier alpha value is -1.48. The number of aliphatic imine (C=N–C) groups is 1. The Kier molecular flexibility index (Phi) is 8.42. The largest absolute Gasteiger partial charge is 0.369 e. The quantitative estimate of drug-likeness (QED) is 0.355. The van der Waals surface area contributed by atoms with Gasteiger partial charge < -0.3 is 20.1 Å². The minimum absolute atomic E-state index is 0. The minimum Gasteiger partial charge on any atom is -0.369 e. The molecule has 154 valence electrons. The highest BCUT2D eigenvalue weighted by Crippen LogP contribution is 2.24. The van der Waals surface area contributed by atoms with Gasteiger partial charge in [-0.25, -0.2) is 0 Å². The summed E-state index contributed by atoms with van der Waals surface area (Å²) in [6, 6.07) is 8.37. The maximum Gasteiger partial charge on any atom is 0.191 e. The fraction of sp³-hybridized carbons (Fsp3) is 0.500. The van der Waals surface area contributed by atoms with E-state index in [4.69, 9.17) is 16.1 Å². The molecule has 1 aromatic heterocycles. The van der Waals surface area contributed by atoms with Crippen LogP contribution in [0.2, 0.25) is 5.02 Å². The first-order valence-corrected chi connectivity index (χ1v) is 9.76. The zero-order valence-corrected chi connectivity index (χ0v) is 19.9. The maximum absolute atomic E-state index is 6.12. The first-order valence-electron chi connectivity index (χ1n) is 9.38. The summed E-state index contributed by atoms with van der Waals surface area (Å²) in [6.45, 7) is 8.82. The molecule has 1 aliphatic rings. The van der Waals surface area contributed by atoms with E-state index in [-0.39, 0.29) is 24.0 Å². The van der Waals surface area contributed by atoms with E-state index in [0.29, 0.717) is 12.0 Å². The van der Waals surface area contributed by atoms with Crippen LogP contribution in [0.3, 0.4) is 0 Å². The monoisotopic (exact) mass is 517 g/mol. The number of nitrogens with zero attached hydrogens (tertiary/aromatic N) is 3. The number of halogens is 2. The van der Waals surface area contributed by atoms with E-state index in [1.54, 1.807) is 7.05 Å². The second-order valence-corrected chi connectivity index (χ2v) is 7.58. The van der Waals surface area contributed by atoms with Crippen molar-refractivity contribution in [3.63, 3.8) is 0 Å². The number of benzene rings is 1. The molecule has 0 radical (unpaired) electrons. The molecule has 0 spiro atoms. The van der Waals surface area contributed by atoms with Crippen LogP contribution in [-0.4, -0.2) is 43.8 Å². The molecule has 1 saturated heterocycles. The van der Waals surface area contributed by atoms with E-state index in [1.165, 1.54) is 11.3 Å². The summed E-state index contributed by atoms with van der Waals surface area (Å²) in [5, 5.41) is 11.8. The number of hydrogen-bond donors (Lipinski definition) is 2. The van der Waals surface area contributed by atoms with Gasteiger partial charge >= 0.3 is 0 Å². The van der Waals surface area contributed by atoms with E-state index in [2.05, 4.69) is 38.7 Å². The number of aryl methyl sites for hydroxylation is 2. The summed E-state index contributed by atoms with van der Waals surface area (Å²) in [5.41, 5.74) is 3.30. The maximum atomic E-state index is 6.12. The average Bonchev–Trinajstić information content (AvgIpc) is 3.25. The van der Waals surface area contributed by atoms with Gasteiger partial charge in [-0.3, -0.25) is 4.99 Å². The standard InChI is InChI=1S/C20H28ClN5O.HI/c1-13(19-14(2)25-27-15(19)3)11-23-20(22-4)24-17-8-9-26(12-17)18-7-5-6-16(21)10-18;/h5-7,10,13,17H,8-9,11-12H2,1-4H3,(H2,22,23,24);1H. The lowest BCUT2D eigenvalue weighted by molar-refractivity contribution is 0.391. The number of anilines is 1. The van der Waals surface area contributed by atoms with Crippen LogP contribution in [0.1, 0.15) is 36.3 Å². The van der Waals surface area contributed by atoms with E-state index < -0.39 is 0 Å². The van der Waals surface area contributed by atoms with Gasteiger partial charge in [-0.05, 0) is 38.5 Å². The number of hydrogen-bond acceptors (Lipinski definition) is 4. The predicted molar refractivity (Wildman–Crippen MR) is 126 cm³/mol. The number of guanidine groups is 1. The molecule has 0 bridgehead atoms. The molecule has 0 saturated carbocycles. The van der Waals surface area contributed by atoms with Crippen LogP contribution in [0.15, 0.2) is 33.8 Å². The zero-order valence-electron chi connectivity index (χ0n) is 16.8. The SMILES string of the molecule is CN=C(NCC(C)c1c(C)noc1C)NC1CCN(c2cccc(Cl)c2)C1.I. The lowest BCUT2D eigenvalue weighted by Gasteiger charge is -2.21. The Morgan fingerprint density at radius 1 is 1.43 bits per heavy atom. The Morgan fingerprint density at radius 2 is 2.21 bits per heavy atom. The van der Waals surface area contributed by atoms with Crippen LogP contribution >= 0.6 is 35.6 Å². The summed E-state index contributed by atoms with van der Waals surface area (Å²) < 4.78 is 5.28. The van der Waals surface area contributed by atoms with Gasteiger partial charge in [-0.2, -0.15) is 0 Å². The molecule has 2 N–H and O–H groups in total. The van der Waals surface area contributed by atoms with Crippen molar-refractivity contribution in [3.8, 4) is 0 Å². The number of nitrogens with one attached hydrogen (secondary N) is 2. The Balaban J connectivity index is 0.00000280. The van der Waals surface area contributed by atoms with Crippen molar-refractivity contribution in [2.24, 2.45) is 4.99 Å². The van der Waals surface area contributed by atoms with Gasteiger partial charge in [-0.1, -0.05) is 29.7 Å². The van der Waals surface area contributed by atoms with Gasteiger partial charge in [-0.15, -0.1) is 24.0 Å². The third kappa shape index (κ3) is 5.53. The second kappa shape index (κ2) is 10.3. The fourth-order valence-electron chi connectivity index (χ4n) is 3.72. The summed E-state index contributed by atoms with van der Waals surface area (Å²) >= 11 is 6.12. The highest BCUT2D eigenvalue weighted by Gasteiger charge is 2.24.